The maximum Gasteiger partial charge on any atom is 0.141 e. The Labute approximate surface area is 129 Å². The topological polar surface area (TPSA) is 37.8 Å². The van der Waals surface area contributed by atoms with Gasteiger partial charge in [0.2, 0.25) is 0 Å². The summed E-state index contributed by atoms with van der Waals surface area (Å²) in [5.74, 6) is 0.645. The van der Waals surface area contributed by atoms with Crippen LogP contribution in [0.2, 0.25) is 5.02 Å². The molecule has 0 radical (unpaired) electrons. The molecule has 1 aromatic heterocycles. The van der Waals surface area contributed by atoms with Gasteiger partial charge < -0.3 is 5.32 Å². The fraction of sp³-hybridized carbons (Fsp3) is 0.375. The van der Waals surface area contributed by atoms with Gasteiger partial charge in [0.1, 0.15) is 18.0 Å². The van der Waals surface area contributed by atoms with Crippen molar-refractivity contribution in [2.24, 2.45) is 0 Å². The fourth-order valence-corrected chi connectivity index (χ4v) is 2.38. The molecular formula is C16H19ClFN3. The molecule has 2 aromatic rings. The zero-order valence-corrected chi connectivity index (χ0v) is 13.2. The Balaban J connectivity index is 2.54. The Morgan fingerprint density at radius 3 is 2.67 bits per heavy atom. The van der Waals surface area contributed by atoms with E-state index in [2.05, 4.69) is 36.1 Å². The minimum Gasteiger partial charge on any atom is -0.370 e. The number of rotatable bonds is 5. The second kappa shape index (κ2) is 6.85. The minimum absolute atomic E-state index is 0.101. The number of halogens is 2. The molecule has 0 saturated carbocycles. The van der Waals surface area contributed by atoms with Crippen molar-refractivity contribution in [3.63, 3.8) is 0 Å². The highest BCUT2D eigenvalue weighted by Gasteiger charge is 2.16. The van der Waals surface area contributed by atoms with Crippen molar-refractivity contribution in [3.8, 4) is 11.3 Å². The van der Waals surface area contributed by atoms with E-state index in [1.54, 1.807) is 12.1 Å². The first-order valence-electron chi connectivity index (χ1n) is 7.08. The first-order valence-corrected chi connectivity index (χ1v) is 7.46. The molecule has 3 nitrogen and oxygen atoms in total. The number of benzene rings is 1. The summed E-state index contributed by atoms with van der Waals surface area (Å²) in [6.07, 6.45) is 2.54. The fourth-order valence-electron chi connectivity index (χ4n) is 2.20. The monoisotopic (exact) mass is 307 g/mol. The largest absolute Gasteiger partial charge is 0.370 e. The van der Waals surface area contributed by atoms with E-state index >= 15 is 0 Å². The third-order valence-corrected chi connectivity index (χ3v) is 3.49. The molecule has 112 valence electrons. The Bertz CT molecular complexity index is 629. The van der Waals surface area contributed by atoms with Crippen LogP contribution < -0.4 is 5.32 Å². The predicted octanol–water partition coefficient (Wildman–Crippen LogP) is 4.88. The van der Waals surface area contributed by atoms with E-state index in [0.29, 0.717) is 0 Å². The van der Waals surface area contributed by atoms with Gasteiger partial charge in [-0.1, -0.05) is 32.4 Å². The number of anilines is 1. The molecule has 21 heavy (non-hydrogen) atoms. The zero-order valence-electron chi connectivity index (χ0n) is 12.5. The molecular weight excluding hydrogens is 289 g/mol. The molecule has 0 atom stereocenters. The van der Waals surface area contributed by atoms with Crippen LogP contribution in [-0.4, -0.2) is 16.5 Å². The molecule has 1 N–H and O–H groups in total. The molecule has 0 aliphatic carbocycles. The lowest BCUT2D eigenvalue weighted by Gasteiger charge is -2.17. The molecule has 0 amide bonds. The minimum atomic E-state index is -0.426. The van der Waals surface area contributed by atoms with E-state index in [4.69, 9.17) is 11.6 Å². The molecule has 1 heterocycles. The summed E-state index contributed by atoms with van der Waals surface area (Å²) in [5, 5.41) is 3.42. The highest BCUT2D eigenvalue weighted by Crippen LogP contribution is 2.33. The lowest BCUT2D eigenvalue weighted by atomic mass is 9.97. The van der Waals surface area contributed by atoms with Crippen molar-refractivity contribution in [1.29, 1.82) is 0 Å². The summed E-state index contributed by atoms with van der Waals surface area (Å²) in [6, 6.07) is 4.66. The summed E-state index contributed by atoms with van der Waals surface area (Å²) in [4.78, 5) is 8.71. The van der Waals surface area contributed by atoms with Gasteiger partial charge in [-0.3, -0.25) is 0 Å². The first-order chi connectivity index (χ1) is 10.0. The maximum atomic E-state index is 13.3. The van der Waals surface area contributed by atoms with Crippen LogP contribution in [-0.2, 0) is 0 Å². The van der Waals surface area contributed by atoms with Crippen molar-refractivity contribution in [1.82, 2.24) is 9.97 Å². The Kier molecular flexibility index (Phi) is 5.12. The summed E-state index contributed by atoms with van der Waals surface area (Å²) in [7, 11) is 0. The van der Waals surface area contributed by atoms with Crippen LogP contribution in [0.15, 0.2) is 24.5 Å². The van der Waals surface area contributed by atoms with Gasteiger partial charge >= 0.3 is 0 Å². The van der Waals surface area contributed by atoms with Gasteiger partial charge in [-0.05, 0) is 30.5 Å². The Morgan fingerprint density at radius 2 is 2.05 bits per heavy atom. The summed E-state index contributed by atoms with van der Waals surface area (Å²) < 4.78 is 13.3. The first kappa shape index (κ1) is 15.7. The van der Waals surface area contributed by atoms with Crippen LogP contribution >= 0.6 is 11.6 Å². The lowest BCUT2D eigenvalue weighted by Crippen LogP contribution is -2.09. The highest BCUT2D eigenvalue weighted by molar-refractivity contribution is 6.31. The van der Waals surface area contributed by atoms with Gasteiger partial charge in [-0.2, -0.15) is 0 Å². The van der Waals surface area contributed by atoms with Crippen molar-refractivity contribution in [2.45, 2.75) is 33.1 Å². The zero-order chi connectivity index (χ0) is 15.4. The second-order valence-corrected chi connectivity index (χ2v) is 5.60. The Hall–Kier alpha value is -1.68. The van der Waals surface area contributed by atoms with Crippen molar-refractivity contribution >= 4 is 17.4 Å². The van der Waals surface area contributed by atoms with Crippen molar-refractivity contribution in [2.75, 3.05) is 11.9 Å². The smallest absolute Gasteiger partial charge is 0.141 e. The van der Waals surface area contributed by atoms with Crippen LogP contribution in [0, 0.1) is 5.82 Å². The van der Waals surface area contributed by atoms with E-state index in [1.807, 2.05) is 0 Å². The molecule has 1 aromatic carbocycles. The van der Waals surface area contributed by atoms with Crippen LogP contribution in [0.1, 0.15) is 38.7 Å². The number of hydrogen-bond acceptors (Lipinski definition) is 3. The molecule has 0 unspecified atom stereocenters. The lowest BCUT2D eigenvalue weighted by molar-refractivity contribution is 0.628. The number of nitrogens with one attached hydrogen (secondary N) is 1. The van der Waals surface area contributed by atoms with Gasteiger partial charge in [-0.15, -0.1) is 0 Å². The van der Waals surface area contributed by atoms with Gasteiger partial charge in [0.25, 0.3) is 0 Å². The average Bonchev–Trinajstić information content (AvgIpc) is 2.47. The molecule has 0 fully saturated rings. The molecule has 5 heteroatoms. The normalized spacial score (nSPS) is 11.0. The highest BCUT2D eigenvalue weighted by atomic mass is 35.5. The number of aromatic nitrogens is 2. The quantitative estimate of drug-likeness (QED) is 0.855. The summed E-state index contributed by atoms with van der Waals surface area (Å²) in [6.45, 7) is 7.12. The molecule has 0 saturated heterocycles. The molecule has 0 aliphatic heterocycles. The third-order valence-electron chi connectivity index (χ3n) is 3.20. The summed E-state index contributed by atoms with van der Waals surface area (Å²) in [5.41, 5.74) is 2.61. The molecule has 0 bridgehead atoms. The van der Waals surface area contributed by atoms with E-state index in [1.165, 1.54) is 12.4 Å². The van der Waals surface area contributed by atoms with E-state index < -0.39 is 5.82 Å². The van der Waals surface area contributed by atoms with Crippen LogP contribution in [0.3, 0.4) is 0 Å². The predicted molar refractivity (Wildman–Crippen MR) is 85.3 cm³/mol. The molecule has 0 spiro atoms. The standard InChI is InChI=1S/C16H19ClFN3/c1-4-7-19-16-14(10(2)3)15(20-9-21-16)11-5-6-13(18)12(17)8-11/h5-6,8-10H,4,7H2,1-3H3,(H,19,20,21). The third kappa shape index (κ3) is 3.50. The van der Waals surface area contributed by atoms with Crippen LogP contribution in [0.25, 0.3) is 11.3 Å². The molecule has 0 aliphatic rings. The maximum absolute atomic E-state index is 13.3. The van der Waals surface area contributed by atoms with Crippen LogP contribution in [0.5, 0.6) is 0 Å². The molecule has 2 rings (SSSR count). The Morgan fingerprint density at radius 1 is 1.29 bits per heavy atom. The van der Waals surface area contributed by atoms with E-state index in [9.17, 15) is 4.39 Å². The van der Waals surface area contributed by atoms with Crippen molar-refractivity contribution < 1.29 is 4.39 Å². The number of nitrogens with zero attached hydrogens (tertiary/aromatic N) is 2. The van der Waals surface area contributed by atoms with E-state index in [-0.39, 0.29) is 10.9 Å². The van der Waals surface area contributed by atoms with Crippen molar-refractivity contribution in [3.05, 3.63) is 40.9 Å². The SMILES string of the molecule is CCCNc1ncnc(-c2ccc(F)c(Cl)c2)c1C(C)C. The summed E-state index contributed by atoms with van der Waals surface area (Å²) >= 11 is 5.89. The van der Waals surface area contributed by atoms with Gasteiger partial charge in [-0.25, -0.2) is 14.4 Å². The van der Waals surface area contributed by atoms with Gasteiger partial charge in [0, 0.05) is 17.7 Å². The number of hydrogen-bond donors (Lipinski definition) is 1. The average molecular weight is 308 g/mol. The van der Waals surface area contributed by atoms with Gasteiger partial charge in [0.05, 0.1) is 10.7 Å². The second-order valence-electron chi connectivity index (χ2n) is 5.19. The van der Waals surface area contributed by atoms with Crippen LogP contribution in [0.4, 0.5) is 10.2 Å². The van der Waals surface area contributed by atoms with Gasteiger partial charge in [0.15, 0.2) is 0 Å². The van der Waals surface area contributed by atoms with E-state index in [0.717, 1.165) is 35.6 Å².